The van der Waals surface area contributed by atoms with Crippen LogP contribution in [-0.4, -0.2) is 74.2 Å². The van der Waals surface area contributed by atoms with Gasteiger partial charge in [0.2, 0.25) is 5.91 Å². The number of amides is 2. The Balaban J connectivity index is 1.28. The average Bonchev–Trinajstić information content (AvgIpc) is 3.50. The Morgan fingerprint density at radius 3 is 2.46 bits per heavy atom. The number of benzene rings is 2. The zero-order valence-electron chi connectivity index (χ0n) is 26.3. The molecule has 0 bridgehead atoms. The van der Waals surface area contributed by atoms with E-state index in [1.54, 1.807) is 17.0 Å². The van der Waals surface area contributed by atoms with Crippen LogP contribution in [0.4, 0.5) is 17.6 Å². The standard InChI is InChI=1S/C34H38ClF4N3O5S/c35-27-20-23(36)7-10-25(27)30-26(22-5-8-24(9-6-22)45-18-3-19-47-29-4-1-2-17-46-29)21-28(48-30)31(43)42-15-12-33(13-16-42,32(40)44)41-14-11-34(37,38)39/h5-10,20-21,29,41H,1-4,11-19H2,(H2,40,44). The molecule has 2 aliphatic heterocycles. The predicted molar refractivity (Wildman–Crippen MR) is 176 cm³/mol. The molecule has 0 saturated carbocycles. The van der Waals surface area contributed by atoms with Crippen LogP contribution in [0.25, 0.3) is 21.6 Å². The lowest BCUT2D eigenvalue weighted by Crippen LogP contribution is -2.61. The molecule has 14 heteroatoms. The second-order valence-electron chi connectivity index (χ2n) is 11.9. The average molecular weight is 712 g/mol. The first-order valence-electron chi connectivity index (χ1n) is 15.9. The van der Waals surface area contributed by atoms with Crippen LogP contribution in [0.2, 0.25) is 5.02 Å². The Kier molecular flexibility index (Phi) is 12.0. The van der Waals surface area contributed by atoms with Gasteiger partial charge in [-0.25, -0.2) is 4.39 Å². The number of hydrogen-bond donors (Lipinski definition) is 2. The van der Waals surface area contributed by atoms with Crippen molar-refractivity contribution >= 4 is 34.8 Å². The molecule has 48 heavy (non-hydrogen) atoms. The van der Waals surface area contributed by atoms with Crippen LogP contribution in [0.3, 0.4) is 0 Å². The van der Waals surface area contributed by atoms with E-state index in [1.807, 2.05) is 24.3 Å². The molecule has 3 aromatic rings. The summed E-state index contributed by atoms with van der Waals surface area (Å²) in [7, 11) is 0. The van der Waals surface area contributed by atoms with Gasteiger partial charge in [-0.3, -0.25) is 9.59 Å². The molecule has 2 amide bonds. The smallest absolute Gasteiger partial charge is 0.390 e. The maximum atomic E-state index is 13.9. The van der Waals surface area contributed by atoms with Gasteiger partial charge < -0.3 is 30.2 Å². The number of nitrogens with zero attached hydrogens (tertiary/aromatic N) is 1. The number of thiophene rings is 1. The largest absolute Gasteiger partial charge is 0.494 e. The minimum absolute atomic E-state index is 0.0722. The SMILES string of the molecule is NC(=O)C1(NCCC(F)(F)F)CCN(C(=O)c2cc(-c3ccc(OCCCOC4CCCCO4)cc3)c(-c3ccc(F)cc3Cl)s2)CC1. The number of piperidine rings is 1. The molecule has 2 aromatic carbocycles. The summed E-state index contributed by atoms with van der Waals surface area (Å²) in [5.74, 6) is -0.889. The molecule has 8 nitrogen and oxygen atoms in total. The van der Waals surface area contributed by atoms with E-state index in [1.165, 1.54) is 23.5 Å². The minimum Gasteiger partial charge on any atom is -0.494 e. The van der Waals surface area contributed by atoms with Crippen LogP contribution >= 0.6 is 22.9 Å². The first kappa shape index (κ1) is 36.1. The molecule has 0 spiro atoms. The molecule has 0 radical (unpaired) electrons. The molecule has 2 saturated heterocycles. The fourth-order valence-electron chi connectivity index (χ4n) is 5.82. The van der Waals surface area contributed by atoms with Crippen LogP contribution in [0.1, 0.15) is 54.6 Å². The van der Waals surface area contributed by atoms with Gasteiger partial charge in [0.15, 0.2) is 6.29 Å². The summed E-state index contributed by atoms with van der Waals surface area (Å²) < 4.78 is 69.3. The van der Waals surface area contributed by atoms with Crippen molar-refractivity contribution in [3.63, 3.8) is 0 Å². The van der Waals surface area contributed by atoms with E-state index >= 15 is 0 Å². The lowest BCUT2D eigenvalue weighted by molar-refractivity contribution is -0.163. The maximum Gasteiger partial charge on any atom is 0.390 e. The number of carbonyl (C=O) groups excluding carboxylic acids is 2. The number of alkyl halides is 3. The number of ether oxygens (including phenoxy) is 3. The summed E-state index contributed by atoms with van der Waals surface area (Å²) in [4.78, 5) is 28.6. The van der Waals surface area contributed by atoms with Crippen molar-refractivity contribution in [3.05, 3.63) is 64.2 Å². The van der Waals surface area contributed by atoms with Gasteiger partial charge in [-0.15, -0.1) is 11.3 Å². The molecule has 260 valence electrons. The highest BCUT2D eigenvalue weighted by atomic mass is 35.5. The van der Waals surface area contributed by atoms with Crippen molar-refractivity contribution in [1.29, 1.82) is 0 Å². The predicted octanol–water partition coefficient (Wildman–Crippen LogP) is 7.19. The van der Waals surface area contributed by atoms with Crippen LogP contribution in [0, 0.1) is 5.82 Å². The van der Waals surface area contributed by atoms with Gasteiger partial charge in [-0.2, -0.15) is 13.2 Å². The summed E-state index contributed by atoms with van der Waals surface area (Å²) >= 11 is 7.66. The highest BCUT2D eigenvalue weighted by Crippen LogP contribution is 2.43. The summed E-state index contributed by atoms with van der Waals surface area (Å²) in [5.41, 5.74) is 6.31. The van der Waals surface area contributed by atoms with Crippen molar-refractivity contribution in [2.75, 3.05) is 39.5 Å². The number of likely N-dealkylation sites (tertiary alicyclic amines) is 1. The molecule has 5 rings (SSSR count). The number of nitrogens with one attached hydrogen (secondary N) is 1. The van der Waals surface area contributed by atoms with Crippen molar-refractivity contribution < 1.29 is 41.4 Å². The Hall–Kier alpha value is -3.23. The lowest BCUT2D eigenvalue weighted by atomic mass is 9.86. The molecule has 2 aliphatic rings. The normalized spacial score (nSPS) is 18.1. The highest BCUT2D eigenvalue weighted by Gasteiger charge is 2.42. The molecule has 2 fully saturated rings. The molecule has 3 heterocycles. The number of halogens is 5. The molecular weight excluding hydrogens is 674 g/mol. The highest BCUT2D eigenvalue weighted by molar-refractivity contribution is 7.18. The Labute approximate surface area is 285 Å². The summed E-state index contributed by atoms with van der Waals surface area (Å²) in [6.45, 7) is 1.50. The second kappa shape index (κ2) is 16.0. The van der Waals surface area contributed by atoms with Gasteiger partial charge in [0, 0.05) is 48.7 Å². The Bertz CT molecular complexity index is 1560. The quantitative estimate of drug-likeness (QED) is 0.144. The zero-order chi connectivity index (χ0) is 34.3. The van der Waals surface area contributed by atoms with Crippen molar-refractivity contribution in [1.82, 2.24) is 10.2 Å². The number of nitrogens with two attached hydrogens (primary N) is 1. The van der Waals surface area contributed by atoms with E-state index < -0.39 is 36.4 Å². The van der Waals surface area contributed by atoms with Gasteiger partial charge in [-0.1, -0.05) is 23.7 Å². The van der Waals surface area contributed by atoms with Crippen molar-refractivity contribution in [2.24, 2.45) is 5.73 Å². The third kappa shape index (κ3) is 9.26. The van der Waals surface area contributed by atoms with E-state index in [2.05, 4.69) is 5.32 Å². The third-order valence-corrected chi connectivity index (χ3v) is 10.00. The van der Waals surface area contributed by atoms with Gasteiger partial charge in [0.25, 0.3) is 5.91 Å². The van der Waals surface area contributed by atoms with Gasteiger partial charge >= 0.3 is 6.18 Å². The first-order chi connectivity index (χ1) is 22.9. The molecule has 1 unspecified atom stereocenters. The van der Waals surface area contributed by atoms with Crippen molar-refractivity contribution in [2.45, 2.75) is 63.0 Å². The van der Waals surface area contributed by atoms with E-state index in [4.69, 9.17) is 31.5 Å². The Morgan fingerprint density at radius 1 is 1.06 bits per heavy atom. The first-order valence-corrected chi connectivity index (χ1v) is 17.1. The van der Waals surface area contributed by atoms with Crippen LogP contribution < -0.4 is 15.8 Å². The fourth-order valence-corrected chi connectivity index (χ4v) is 7.33. The number of carbonyl (C=O) groups is 2. The topological polar surface area (TPSA) is 103 Å². The zero-order valence-corrected chi connectivity index (χ0v) is 27.8. The number of hydrogen-bond acceptors (Lipinski definition) is 7. The van der Waals surface area contributed by atoms with Crippen molar-refractivity contribution in [3.8, 4) is 27.3 Å². The number of rotatable bonds is 13. The summed E-state index contributed by atoms with van der Waals surface area (Å²) in [6.07, 6.45) is -1.70. The van der Waals surface area contributed by atoms with E-state index in [9.17, 15) is 27.2 Å². The van der Waals surface area contributed by atoms with E-state index in [0.29, 0.717) is 46.3 Å². The second-order valence-corrected chi connectivity index (χ2v) is 13.4. The van der Waals surface area contributed by atoms with Gasteiger partial charge in [0.1, 0.15) is 17.1 Å². The van der Waals surface area contributed by atoms with Crippen LogP contribution in [0.5, 0.6) is 5.75 Å². The molecule has 1 atom stereocenters. The monoisotopic (exact) mass is 711 g/mol. The third-order valence-electron chi connectivity index (χ3n) is 8.53. The molecular formula is C34H38ClF4N3O5S. The van der Waals surface area contributed by atoms with E-state index in [-0.39, 0.29) is 43.2 Å². The summed E-state index contributed by atoms with van der Waals surface area (Å²) in [5, 5.41) is 2.88. The van der Waals surface area contributed by atoms with Crippen LogP contribution in [0.15, 0.2) is 48.5 Å². The Morgan fingerprint density at radius 2 is 1.81 bits per heavy atom. The molecule has 1 aromatic heterocycles. The summed E-state index contributed by atoms with van der Waals surface area (Å²) in [6, 6.07) is 13.2. The number of primary amides is 1. The maximum absolute atomic E-state index is 13.9. The lowest BCUT2D eigenvalue weighted by Gasteiger charge is -2.40. The minimum atomic E-state index is -4.38. The van der Waals surface area contributed by atoms with Gasteiger partial charge in [0.05, 0.1) is 29.5 Å². The van der Waals surface area contributed by atoms with Gasteiger partial charge in [-0.05, 0) is 74.1 Å². The van der Waals surface area contributed by atoms with Crippen LogP contribution in [-0.2, 0) is 14.3 Å². The molecule has 0 aliphatic carbocycles. The fraction of sp³-hybridized carbons (Fsp3) is 0.471. The molecule has 3 N–H and O–H groups in total. The van der Waals surface area contributed by atoms with E-state index in [0.717, 1.165) is 31.4 Å².